The largest absolute Gasteiger partial charge is 0.493 e. The molecule has 0 aromatic heterocycles. The van der Waals surface area contributed by atoms with Crippen LogP contribution < -0.4 is 10.1 Å². The first-order valence-corrected chi connectivity index (χ1v) is 7.25. The van der Waals surface area contributed by atoms with Gasteiger partial charge in [0, 0.05) is 6.04 Å². The molecular formula is C16H21NO4. The molecule has 2 N–H and O–H groups in total. The highest BCUT2D eigenvalue weighted by molar-refractivity contribution is 5.77. The highest BCUT2D eigenvalue weighted by Gasteiger charge is 2.33. The van der Waals surface area contributed by atoms with E-state index in [1.165, 1.54) is 0 Å². The highest BCUT2D eigenvalue weighted by atomic mass is 16.5. The number of ether oxygens (including phenoxy) is 1. The van der Waals surface area contributed by atoms with Crippen LogP contribution in [0.3, 0.4) is 0 Å². The molecule has 1 aliphatic carbocycles. The van der Waals surface area contributed by atoms with Crippen molar-refractivity contribution >= 4 is 11.9 Å². The first-order chi connectivity index (χ1) is 10.0. The summed E-state index contributed by atoms with van der Waals surface area (Å²) in [6.45, 7) is 2.27. The highest BCUT2D eigenvalue weighted by Crippen LogP contribution is 2.34. The van der Waals surface area contributed by atoms with E-state index < -0.39 is 5.97 Å². The Morgan fingerprint density at radius 3 is 2.81 bits per heavy atom. The predicted octanol–water partition coefficient (Wildman–Crippen LogP) is 2.13. The Labute approximate surface area is 124 Å². The summed E-state index contributed by atoms with van der Waals surface area (Å²) in [5.74, 6) is 0.0406. The SMILES string of the molecule is Cc1cccc(OCCC(=O)NC(CC(=O)O)C2CC2)c1. The second-order valence-corrected chi connectivity index (χ2v) is 5.52. The van der Waals surface area contributed by atoms with Gasteiger partial charge in [0.25, 0.3) is 0 Å². The number of aryl methyl sites for hydroxylation is 1. The van der Waals surface area contributed by atoms with Gasteiger partial charge < -0.3 is 15.2 Å². The van der Waals surface area contributed by atoms with Gasteiger partial charge in [-0.25, -0.2) is 0 Å². The number of benzene rings is 1. The molecule has 1 aliphatic rings. The number of carbonyl (C=O) groups excluding carboxylic acids is 1. The lowest BCUT2D eigenvalue weighted by atomic mass is 10.1. The van der Waals surface area contributed by atoms with E-state index in [9.17, 15) is 9.59 Å². The van der Waals surface area contributed by atoms with Gasteiger partial charge in [0.05, 0.1) is 19.4 Å². The third-order valence-corrected chi connectivity index (χ3v) is 3.52. The van der Waals surface area contributed by atoms with E-state index in [1.54, 1.807) is 0 Å². The van der Waals surface area contributed by atoms with Crippen molar-refractivity contribution in [3.05, 3.63) is 29.8 Å². The maximum Gasteiger partial charge on any atom is 0.305 e. The van der Waals surface area contributed by atoms with Crippen LogP contribution in [0, 0.1) is 12.8 Å². The Hall–Kier alpha value is -2.04. The van der Waals surface area contributed by atoms with Gasteiger partial charge in [-0.15, -0.1) is 0 Å². The number of aliphatic carboxylic acids is 1. The minimum absolute atomic E-state index is 0.00482. The van der Waals surface area contributed by atoms with E-state index in [0.29, 0.717) is 12.5 Å². The third-order valence-electron chi connectivity index (χ3n) is 3.52. The summed E-state index contributed by atoms with van der Waals surface area (Å²) in [5.41, 5.74) is 1.10. The molecule has 21 heavy (non-hydrogen) atoms. The normalized spacial score (nSPS) is 15.3. The number of hydrogen-bond acceptors (Lipinski definition) is 3. The Morgan fingerprint density at radius 1 is 1.43 bits per heavy atom. The Bertz CT molecular complexity index is 511. The minimum atomic E-state index is -0.872. The summed E-state index contributed by atoms with van der Waals surface area (Å²) in [6, 6.07) is 7.40. The number of nitrogens with one attached hydrogen (secondary N) is 1. The molecule has 0 radical (unpaired) electrons. The summed E-state index contributed by atoms with van der Waals surface area (Å²) in [6.07, 6.45) is 2.22. The van der Waals surface area contributed by atoms with Crippen LogP contribution >= 0.6 is 0 Å². The van der Waals surface area contributed by atoms with Gasteiger partial charge >= 0.3 is 5.97 Å². The first kappa shape index (κ1) is 15.4. The monoisotopic (exact) mass is 291 g/mol. The molecule has 0 heterocycles. The van der Waals surface area contributed by atoms with Crippen LogP contribution in [0.2, 0.25) is 0 Å². The molecule has 1 aromatic rings. The lowest BCUT2D eigenvalue weighted by Gasteiger charge is -2.16. The molecule has 1 aromatic carbocycles. The molecule has 2 rings (SSSR count). The standard InChI is InChI=1S/C16H21NO4/c1-11-3-2-4-13(9-11)21-8-7-15(18)17-14(10-16(19)20)12-5-6-12/h2-4,9,12,14H,5-8,10H2,1H3,(H,17,18)(H,19,20). The van der Waals surface area contributed by atoms with Crippen molar-refractivity contribution in [1.82, 2.24) is 5.32 Å². The van der Waals surface area contributed by atoms with Crippen molar-refractivity contribution in [2.45, 2.75) is 38.6 Å². The second-order valence-electron chi connectivity index (χ2n) is 5.52. The van der Waals surface area contributed by atoms with Crippen LogP contribution in [-0.2, 0) is 9.59 Å². The zero-order valence-electron chi connectivity index (χ0n) is 12.2. The fourth-order valence-corrected chi connectivity index (χ4v) is 2.27. The number of carbonyl (C=O) groups is 2. The van der Waals surface area contributed by atoms with Crippen LogP contribution in [0.25, 0.3) is 0 Å². The molecule has 1 atom stereocenters. The van der Waals surface area contributed by atoms with E-state index >= 15 is 0 Å². The lowest BCUT2D eigenvalue weighted by Crippen LogP contribution is -2.38. The van der Waals surface area contributed by atoms with Gasteiger partial charge in [-0.05, 0) is 43.4 Å². The summed E-state index contributed by atoms with van der Waals surface area (Å²) in [5, 5.41) is 11.7. The average Bonchev–Trinajstić information content (AvgIpc) is 3.21. The van der Waals surface area contributed by atoms with E-state index in [0.717, 1.165) is 24.2 Å². The van der Waals surface area contributed by atoms with E-state index in [-0.39, 0.29) is 24.8 Å². The average molecular weight is 291 g/mol. The number of hydrogen-bond donors (Lipinski definition) is 2. The third kappa shape index (κ3) is 5.45. The molecule has 1 fully saturated rings. The number of amides is 1. The topological polar surface area (TPSA) is 75.6 Å². The van der Waals surface area contributed by atoms with E-state index in [1.807, 2.05) is 31.2 Å². The van der Waals surface area contributed by atoms with Crippen LogP contribution in [0.4, 0.5) is 0 Å². The Kier molecular flexibility index (Phi) is 5.20. The molecule has 5 nitrogen and oxygen atoms in total. The van der Waals surface area contributed by atoms with Crippen LogP contribution in [0.1, 0.15) is 31.2 Å². The molecule has 1 unspecified atom stereocenters. The summed E-state index contributed by atoms with van der Waals surface area (Å²) in [4.78, 5) is 22.6. The minimum Gasteiger partial charge on any atom is -0.493 e. The molecular weight excluding hydrogens is 270 g/mol. The predicted molar refractivity (Wildman–Crippen MR) is 78.2 cm³/mol. The zero-order chi connectivity index (χ0) is 15.2. The maximum atomic E-state index is 11.8. The number of carboxylic acid groups (broad SMARTS) is 1. The maximum absolute atomic E-state index is 11.8. The molecule has 0 aliphatic heterocycles. The molecule has 0 spiro atoms. The van der Waals surface area contributed by atoms with Crippen molar-refractivity contribution in [2.75, 3.05) is 6.61 Å². The molecule has 1 saturated carbocycles. The van der Waals surface area contributed by atoms with Gasteiger partial charge in [0.2, 0.25) is 5.91 Å². The van der Waals surface area contributed by atoms with Gasteiger partial charge in [0.1, 0.15) is 5.75 Å². The van der Waals surface area contributed by atoms with Crippen LogP contribution in [-0.4, -0.2) is 29.6 Å². The summed E-state index contributed by atoms with van der Waals surface area (Å²) in [7, 11) is 0. The van der Waals surface area contributed by atoms with E-state index in [2.05, 4.69) is 5.32 Å². The Balaban J connectivity index is 1.72. The van der Waals surface area contributed by atoms with Crippen LogP contribution in [0.5, 0.6) is 5.75 Å². The van der Waals surface area contributed by atoms with Gasteiger partial charge in [-0.3, -0.25) is 9.59 Å². The fraction of sp³-hybridized carbons (Fsp3) is 0.500. The van der Waals surface area contributed by atoms with Crippen molar-refractivity contribution in [3.63, 3.8) is 0 Å². The fourth-order valence-electron chi connectivity index (χ4n) is 2.27. The van der Waals surface area contributed by atoms with E-state index in [4.69, 9.17) is 9.84 Å². The number of rotatable bonds is 8. The zero-order valence-corrected chi connectivity index (χ0v) is 12.2. The molecule has 0 bridgehead atoms. The quantitative estimate of drug-likeness (QED) is 0.769. The van der Waals surface area contributed by atoms with Gasteiger partial charge in [-0.2, -0.15) is 0 Å². The molecule has 0 saturated heterocycles. The molecule has 114 valence electrons. The number of carboxylic acids is 1. The van der Waals surface area contributed by atoms with Crippen molar-refractivity contribution in [2.24, 2.45) is 5.92 Å². The van der Waals surface area contributed by atoms with Gasteiger partial charge in [-0.1, -0.05) is 12.1 Å². The first-order valence-electron chi connectivity index (χ1n) is 7.25. The van der Waals surface area contributed by atoms with Gasteiger partial charge in [0.15, 0.2) is 0 Å². The Morgan fingerprint density at radius 2 is 2.19 bits per heavy atom. The van der Waals surface area contributed by atoms with Crippen molar-refractivity contribution < 1.29 is 19.4 Å². The lowest BCUT2D eigenvalue weighted by molar-refractivity contribution is -0.137. The summed E-state index contributed by atoms with van der Waals surface area (Å²) < 4.78 is 5.52. The van der Waals surface area contributed by atoms with Crippen LogP contribution in [0.15, 0.2) is 24.3 Å². The molecule has 5 heteroatoms. The van der Waals surface area contributed by atoms with Crippen molar-refractivity contribution in [1.29, 1.82) is 0 Å². The summed E-state index contributed by atoms with van der Waals surface area (Å²) >= 11 is 0. The second kappa shape index (κ2) is 7.11. The smallest absolute Gasteiger partial charge is 0.305 e. The van der Waals surface area contributed by atoms with Crippen molar-refractivity contribution in [3.8, 4) is 5.75 Å². The molecule has 1 amide bonds.